The molecule has 0 atom stereocenters. The van der Waals surface area contributed by atoms with Gasteiger partial charge in [0.05, 0.1) is 23.4 Å². The second-order valence-electron chi connectivity index (χ2n) is 6.89. The molecule has 0 aliphatic carbocycles. The maximum Gasteiger partial charge on any atom is 0.261 e. The van der Waals surface area contributed by atoms with Gasteiger partial charge in [-0.2, -0.15) is 0 Å². The lowest BCUT2D eigenvalue weighted by atomic mass is 10.1. The van der Waals surface area contributed by atoms with Crippen molar-refractivity contribution in [1.82, 2.24) is 5.32 Å². The van der Waals surface area contributed by atoms with E-state index < -0.39 is 0 Å². The van der Waals surface area contributed by atoms with Gasteiger partial charge in [0.2, 0.25) is 0 Å². The molecule has 30 heavy (non-hydrogen) atoms. The Kier molecular flexibility index (Phi) is 7.22. The van der Waals surface area contributed by atoms with Crippen LogP contribution in [0.2, 0.25) is 0 Å². The topological polar surface area (TPSA) is 58.6 Å². The highest BCUT2D eigenvalue weighted by molar-refractivity contribution is 6.11. The van der Waals surface area contributed by atoms with E-state index in [0.717, 1.165) is 12.0 Å². The highest BCUT2D eigenvalue weighted by atomic mass is 16.5. The quantitative estimate of drug-likeness (QED) is 0.595. The number of para-hydroxylation sites is 2. The molecule has 0 fully saturated rings. The van der Waals surface area contributed by atoms with E-state index in [1.54, 1.807) is 43.4 Å². The van der Waals surface area contributed by atoms with E-state index in [9.17, 15) is 9.59 Å². The Morgan fingerprint density at radius 2 is 1.50 bits per heavy atom. The van der Waals surface area contributed by atoms with Gasteiger partial charge in [-0.15, -0.1) is 0 Å². The lowest BCUT2D eigenvalue weighted by Gasteiger charge is -2.22. The zero-order valence-electron chi connectivity index (χ0n) is 17.3. The van der Waals surface area contributed by atoms with Gasteiger partial charge < -0.3 is 15.0 Å². The van der Waals surface area contributed by atoms with Crippen molar-refractivity contribution in [3.8, 4) is 5.75 Å². The van der Waals surface area contributed by atoms with Crippen molar-refractivity contribution in [3.63, 3.8) is 0 Å². The van der Waals surface area contributed by atoms with Crippen LogP contribution in [0, 0.1) is 0 Å². The second-order valence-corrected chi connectivity index (χ2v) is 6.89. The summed E-state index contributed by atoms with van der Waals surface area (Å²) in [5.74, 6) is 0.0804. The van der Waals surface area contributed by atoms with Crippen LogP contribution >= 0.6 is 0 Å². The molecule has 2 amide bonds. The van der Waals surface area contributed by atoms with E-state index >= 15 is 0 Å². The molecule has 3 aromatic carbocycles. The van der Waals surface area contributed by atoms with Crippen molar-refractivity contribution >= 4 is 17.5 Å². The Labute approximate surface area is 177 Å². The second kappa shape index (κ2) is 10.3. The van der Waals surface area contributed by atoms with Crippen molar-refractivity contribution < 1.29 is 14.3 Å². The first-order valence-electron chi connectivity index (χ1n) is 10.0. The number of nitrogens with zero attached hydrogens (tertiary/aromatic N) is 1. The predicted molar refractivity (Wildman–Crippen MR) is 119 cm³/mol. The van der Waals surface area contributed by atoms with E-state index in [0.29, 0.717) is 35.7 Å². The normalized spacial score (nSPS) is 10.3. The van der Waals surface area contributed by atoms with Crippen LogP contribution in [-0.4, -0.2) is 25.5 Å². The van der Waals surface area contributed by atoms with Crippen molar-refractivity contribution in [1.29, 1.82) is 0 Å². The van der Waals surface area contributed by atoms with E-state index in [1.807, 2.05) is 49.4 Å². The van der Waals surface area contributed by atoms with Crippen LogP contribution < -0.4 is 15.0 Å². The van der Waals surface area contributed by atoms with Gasteiger partial charge in [-0.1, -0.05) is 61.5 Å². The summed E-state index contributed by atoms with van der Waals surface area (Å²) in [7, 11) is 1.67. The summed E-state index contributed by atoms with van der Waals surface area (Å²) in [4.78, 5) is 27.5. The van der Waals surface area contributed by atoms with Crippen molar-refractivity contribution in [2.24, 2.45) is 0 Å². The number of ether oxygens (including phenoxy) is 1. The lowest BCUT2D eigenvalue weighted by molar-refractivity contribution is 0.0951. The van der Waals surface area contributed by atoms with Crippen LogP contribution in [0.15, 0.2) is 78.9 Å². The highest BCUT2D eigenvalue weighted by Gasteiger charge is 2.22. The number of benzene rings is 3. The van der Waals surface area contributed by atoms with Crippen LogP contribution in [-0.2, 0) is 6.54 Å². The number of rotatable bonds is 8. The number of hydrogen-bond acceptors (Lipinski definition) is 3. The summed E-state index contributed by atoms with van der Waals surface area (Å²) in [6.45, 7) is 2.96. The monoisotopic (exact) mass is 402 g/mol. The third-order valence-corrected chi connectivity index (χ3v) is 4.69. The first kappa shape index (κ1) is 21.1. The SMILES string of the molecule is CCCOc1ccccc1C(=O)N(C)c1ccccc1C(=O)NCc1ccccc1. The minimum Gasteiger partial charge on any atom is -0.493 e. The molecule has 0 saturated heterocycles. The molecule has 0 spiro atoms. The third kappa shape index (κ3) is 5.06. The van der Waals surface area contributed by atoms with E-state index in [-0.39, 0.29) is 11.8 Å². The molecule has 5 nitrogen and oxygen atoms in total. The Morgan fingerprint density at radius 3 is 2.23 bits per heavy atom. The van der Waals surface area contributed by atoms with E-state index in [2.05, 4.69) is 5.32 Å². The number of carbonyl (C=O) groups is 2. The molecule has 0 aliphatic rings. The number of carbonyl (C=O) groups excluding carboxylic acids is 2. The minimum atomic E-state index is -0.232. The summed E-state index contributed by atoms with van der Waals surface area (Å²) < 4.78 is 5.73. The first-order valence-corrected chi connectivity index (χ1v) is 10.0. The van der Waals surface area contributed by atoms with Crippen LogP contribution in [0.4, 0.5) is 5.69 Å². The fourth-order valence-corrected chi connectivity index (χ4v) is 3.10. The van der Waals surface area contributed by atoms with Crippen molar-refractivity contribution in [2.75, 3.05) is 18.6 Å². The summed E-state index contributed by atoms with van der Waals surface area (Å²) in [6.07, 6.45) is 0.850. The summed E-state index contributed by atoms with van der Waals surface area (Å²) in [6, 6.07) is 24.0. The highest BCUT2D eigenvalue weighted by Crippen LogP contribution is 2.25. The predicted octanol–water partition coefficient (Wildman–Crippen LogP) is 4.68. The molecule has 3 aromatic rings. The number of anilines is 1. The molecule has 1 N–H and O–H groups in total. The average molecular weight is 402 g/mol. The molecule has 154 valence electrons. The Balaban J connectivity index is 1.81. The minimum absolute atomic E-state index is 0.231. The van der Waals surface area contributed by atoms with Crippen LogP contribution in [0.25, 0.3) is 0 Å². The van der Waals surface area contributed by atoms with Crippen LogP contribution in [0.5, 0.6) is 5.75 Å². The van der Waals surface area contributed by atoms with Crippen LogP contribution in [0.1, 0.15) is 39.6 Å². The van der Waals surface area contributed by atoms with E-state index in [1.165, 1.54) is 4.90 Å². The van der Waals surface area contributed by atoms with Gasteiger partial charge in [-0.05, 0) is 36.2 Å². The van der Waals surface area contributed by atoms with Crippen molar-refractivity contribution in [3.05, 3.63) is 95.6 Å². The van der Waals surface area contributed by atoms with Crippen LogP contribution in [0.3, 0.4) is 0 Å². The zero-order valence-corrected chi connectivity index (χ0v) is 17.3. The maximum atomic E-state index is 13.2. The molecule has 0 radical (unpaired) electrons. The molecule has 0 bridgehead atoms. The molecule has 0 unspecified atom stereocenters. The molecule has 0 saturated carbocycles. The Hall–Kier alpha value is -3.60. The van der Waals surface area contributed by atoms with Gasteiger partial charge in [0, 0.05) is 13.6 Å². The number of amides is 2. The summed E-state index contributed by atoms with van der Waals surface area (Å²) in [5.41, 5.74) is 2.46. The van der Waals surface area contributed by atoms with Gasteiger partial charge >= 0.3 is 0 Å². The van der Waals surface area contributed by atoms with Crippen molar-refractivity contribution in [2.45, 2.75) is 19.9 Å². The largest absolute Gasteiger partial charge is 0.493 e. The maximum absolute atomic E-state index is 13.2. The van der Waals surface area contributed by atoms with Gasteiger partial charge in [-0.25, -0.2) is 0 Å². The average Bonchev–Trinajstić information content (AvgIpc) is 2.81. The third-order valence-electron chi connectivity index (χ3n) is 4.69. The molecule has 0 aromatic heterocycles. The zero-order chi connectivity index (χ0) is 21.3. The van der Waals surface area contributed by atoms with Gasteiger partial charge in [-0.3, -0.25) is 9.59 Å². The molecular weight excluding hydrogens is 376 g/mol. The van der Waals surface area contributed by atoms with Gasteiger partial charge in [0.25, 0.3) is 11.8 Å². The summed E-state index contributed by atoms with van der Waals surface area (Å²) >= 11 is 0. The fraction of sp³-hybridized carbons (Fsp3) is 0.200. The smallest absolute Gasteiger partial charge is 0.261 e. The Morgan fingerprint density at radius 1 is 0.867 bits per heavy atom. The Bertz CT molecular complexity index is 1000. The number of hydrogen-bond donors (Lipinski definition) is 1. The molecule has 5 heteroatoms. The van der Waals surface area contributed by atoms with Gasteiger partial charge in [0.1, 0.15) is 5.75 Å². The summed E-state index contributed by atoms with van der Waals surface area (Å²) in [5, 5.41) is 2.93. The molecular formula is C25H26N2O3. The fourth-order valence-electron chi connectivity index (χ4n) is 3.10. The lowest BCUT2D eigenvalue weighted by Crippen LogP contribution is -2.31. The van der Waals surface area contributed by atoms with E-state index in [4.69, 9.17) is 4.74 Å². The van der Waals surface area contributed by atoms with Gasteiger partial charge in [0.15, 0.2) is 0 Å². The first-order chi connectivity index (χ1) is 14.6. The standard InChI is InChI=1S/C25H26N2O3/c1-3-17-30-23-16-10-8-14-21(23)25(29)27(2)22-15-9-7-13-20(22)24(28)26-18-19-11-5-4-6-12-19/h4-16H,3,17-18H2,1-2H3,(H,26,28). The number of nitrogens with one attached hydrogen (secondary N) is 1. The molecule has 3 rings (SSSR count). The molecule has 0 heterocycles. The molecule has 0 aliphatic heterocycles.